The highest BCUT2D eigenvalue weighted by molar-refractivity contribution is 6.21. The Labute approximate surface area is 98.2 Å². The lowest BCUT2D eigenvalue weighted by molar-refractivity contribution is 0.628. The normalized spacial score (nSPS) is 15.2. The van der Waals surface area contributed by atoms with Gasteiger partial charge in [-0.15, -0.1) is 0 Å². The summed E-state index contributed by atoms with van der Waals surface area (Å²) in [5, 5.41) is 0. The number of halogens is 1. The van der Waals surface area contributed by atoms with Crippen LogP contribution >= 0.6 is 0 Å². The van der Waals surface area contributed by atoms with Gasteiger partial charge in [0.1, 0.15) is 5.82 Å². The van der Waals surface area contributed by atoms with E-state index in [2.05, 4.69) is 9.98 Å². The summed E-state index contributed by atoms with van der Waals surface area (Å²) in [6.07, 6.45) is 5.41. The van der Waals surface area contributed by atoms with E-state index in [-0.39, 0.29) is 5.82 Å². The van der Waals surface area contributed by atoms with Gasteiger partial charge < -0.3 is 0 Å². The molecule has 0 fully saturated rings. The second-order valence-electron chi connectivity index (χ2n) is 3.77. The first-order valence-electron chi connectivity index (χ1n) is 5.30. The summed E-state index contributed by atoms with van der Waals surface area (Å²) in [5.74, 6) is -0.264. The molecule has 2 nitrogen and oxygen atoms in total. The lowest BCUT2D eigenvalue weighted by atomic mass is 10.1. The van der Waals surface area contributed by atoms with Crippen molar-refractivity contribution in [3.05, 3.63) is 59.7 Å². The predicted octanol–water partition coefficient (Wildman–Crippen LogP) is 3.48. The third-order valence-electron chi connectivity index (χ3n) is 2.60. The molecule has 1 aliphatic heterocycles. The molecule has 17 heavy (non-hydrogen) atoms. The Morgan fingerprint density at radius 1 is 1.12 bits per heavy atom. The zero-order valence-corrected chi connectivity index (χ0v) is 8.97. The fraction of sp³-hybridized carbons (Fsp3) is 0. The summed E-state index contributed by atoms with van der Waals surface area (Å²) in [6.45, 7) is 0. The van der Waals surface area contributed by atoms with E-state index < -0.39 is 0 Å². The van der Waals surface area contributed by atoms with Crippen molar-refractivity contribution in [1.29, 1.82) is 0 Å². The molecule has 0 N–H and O–H groups in total. The van der Waals surface area contributed by atoms with Gasteiger partial charge in [0, 0.05) is 29.6 Å². The van der Waals surface area contributed by atoms with E-state index in [9.17, 15) is 4.39 Å². The van der Waals surface area contributed by atoms with Gasteiger partial charge in [-0.3, -0.25) is 9.98 Å². The van der Waals surface area contributed by atoms with Crippen molar-refractivity contribution in [2.75, 3.05) is 0 Å². The Balaban J connectivity index is 2.05. The van der Waals surface area contributed by atoms with E-state index in [4.69, 9.17) is 0 Å². The molecule has 0 saturated heterocycles. The number of fused-ring (bicyclic) bond motifs is 1. The molecule has 0 unspecified atom stereocenters. The Bertz CT molecular complexity index is 615. The predicted molar refractivity (Wildman–Crippen MR) is 66.7 cm³/mol. The summed E-state index contributed by atoms with van der Waals surface area (Å²) in [4.78, 5) is 8.40. The van der Waals surface area contributed by atoms with Gasteiger partial charge in [-0.1, -0.05) is 6.07 Å². The molecule has 0 spiro atoms. The minimum absolute atomic E-state index is 0.264. The van der Waals surface area contributed by atoms with E-state index in [0.717, 1.165) is 16.8 Å². The number of aromatic nitrogens is 1. The Morgan fingerprint density at radius 3 is 2.88 bits per heavy atom. The maximum Gasteiger partial charge on any atom is 0.125 e. The summed E-state index contributed by atoms with van der Waals surface area (Å²) < 4.78 is 13.0. The molecule has 1 aromatic carbocycles. The van der Waals surface area contributed by atoms with Crippen molar-refractivity contribution in [2.24, 2.45) is 4.99 Å². The molecule has 3 rings (SSSR count). The standard InChI is InChI=1S/C14H9FN2/c15-11-4-5-13-10(9-17-14(13)8-11)7-12-3-1-2-6-16-12/h1-9H. The van der Waals surface area contributed by atoms with Crippen LogP contribution in [-0.2, 0) is 0 Å². The van der Waals surface area contributed by atoms with E-state index in [0.29, 0.717) is 5.69 Å². The molecule has 0 radical (unpaired) electrons. The summed E-state index contributed by atoms with van der Waals surface area (Å²) in [7, 11) is 0. The summed E-state index contributed by atoms with van der Waals surface area (Å²) in [6, 6.07) is 10.3. The van der Waals surface area contributed by atoms with Crippen molar-refractivity contribution in [3.8, 4) is 0 Å². The fourth-order valence-electron chi connectivity index (χ4n) is 1.80. The number of hydrogen-bond acceptors (Lipinski definition) is 2. The zero-order valence-electron chi connectivity index (χ0n) is 8.97. The lowest BCUT2D eigenvalue weighted by Crippen LogP contribution is -1.83. The number of rotatable bonds is 1. The third-order valence-corrected chi connectivity index (χ3v) is 2.60. The van der Waals surface area contributed by atoms with Gasteiger partial charge in [0.05, 0.1) is 11.4 Å². The second-order valence-corrected chi connectivity index (χ2v) is 3.77. The van der Waals surface area contributed by atoms with Gasteiger partial charge in [0.2, 0.25) is 0 Å². The van der Waals surface area contributed by atoms with Crippen molar-refractivity contribution in [2.45, 2.75) is 0 Å². The Kier molecular flexibility index (Phi) is 2.29. The third kappa shape index (κ3) is 1.87. The minimum atomic E-state index is -0.264. The van der Waals surface area contributed by atoms with Crippen LogP contribution in [0.2, 0.25) is 0 Å². The van der Waals surface area contributed by atoms with Gasteiger partial charge in [-0.2, -0.15) is 0 Å². The van der Waals surface area contributed by atoms with Crippen LogP contribution in [0, 0.1) is 5.82 Å². The van der Waals surface area contributed by atoms with E-state index >= 15 is 0 Å². The first-order valence-corrected chi connectivity index (χ1v) is 5.30. The summed E-state index contributed by atoms with van der Waals surface area (Å²) in [5.41, 5.74) is 3.44. The lowest BCUT2D eigenvalue weighted by Gasteiger charge is -1.99. The molecule has 0 amide bonds. The number of hydrogen-bond donors (Lipinski definition) is 0. The van der Waals surface area contributed by atoms with Crippen LogP contribution in [0.4, 0.5) is 10.1 Å². The molecule has 0 aliphatic carbocycles. The molecule has 0 bridgehead atoms. The van der Waals surface area contributed by atoms with Crippen LogP contribution in [0.5, 0.6) is 0 Å². The van der Waals surface area contributed by atoms with E-state index in [1.54, 1.807) is 18.5 Å². The van der Waals surface area contributed by atoms with Crippen molar-refractivity contribution < 1.29 is 4.39 Å². The second kappa shape index (κ2) is 3.94. The number of nitrogens with zero attached hydrogens (tertiary/aromatic N) is 2. The molecule has 2 aromatic rings. The highest BCUT2D eigenvalue weighted by Gasteiger charge is 2.12. The SMILES string of the molecule is Fc1ccc2c(c1)N=CC2=Cc1ccccn1. The molecule has 1 aromatic heterocycles. The van der Waals surface area contributed by atoms with Gasteiger partial charge in [-0.05, 0) is 30.3 Å². The zero-order chi connectivity index (χ0) is 11.7. The number of benzene rings is 1. The number of allylic oxidation sites excluding steroid dienone is 1. The average Bonchev–Trinajstić information content (AvgIpc) is 2.73. The van der Waals surface area contributed by atoms with E-state index in [1.165, 1.54) is 12.1 Å². The van der Waals surface area contributed by atoms with Gasteiger partial charge in [-0.25, -0.2) is 4.39 Å². The fourth-order valence-corrected chi connectivity index (χ4v) is 1.80. The van der Waals surface area contributed by atoms with Crippen molar-refractivity contribution >= 4 is 23.6 Å². The first-order chi connectivity index (χ1) is 8.33. The molecule has 0 saturated carbocycles. The molecule has 0 atom stereocenters. The van der Waals surface area contributed by atoms with Crippen LogP contribution in [0.1, 0.15) is 11.3 Å². The average molecular weight is 224 g/mol. The van der Waals surface area contributed by atoms with Crippen molar-refractivity contribution in [3.63, 3.8) is 0 Å². The molecular weight excluding hydrogens is 215 g/mol. The topological polar surface area (TPSA) is 25.2 Å². The molecule has 3 heteroatoms. The number of aliphatic imine (C=N–C) groups is 1. The monoisotopic (exact) mass is 224 g/mol. The quantitative estimate of drug-likeness (QED) is 0.728. The van der Waals surface area contributed by atoms with Crippen LogP contribution < -0.4 is 0 Å². The largest absolute Gasteiger partial charge is 0.257 e. The van der Waals surface area contributed by atoms with Gasteiger partial charge in [0.15, 0.2) is 0 Å². The molecular formula is C14H9FN2. The van der Waals surface area contributed by atoms with Gasteiger partial charge >= 0.3 is 0 Å². The van der Waals surface area contributed by atoms with Crippen LogP contribution in [0.15, 0.2) is 47.6 Å². The van der Waals surface area contributed by atoms with Crippen LogP contribution in [0.25, 0.3) is 11.6 Å². The Hall–Kier alpha value is -2.29. The molecule has 1 aliphatic rings. The van der Waals surface area contributed by atoms with Crippen LogP contribution in [0.3, 0.4) is 0 Å². The molecule has 2 heterocycles. The maximum absolute atomic E-state index is 13.0. The highest BCUT2D eigenvalue weighted by atomic mass is 19.1. The maximum atomic E-state index is 13.0. The van der Waals surface area contributed by atoms with Crippen molar-refractivity contribution in [1.82, 2.24) is 4.98 Å². The van der Waals surface area contributed by atoms with E-state index in [1.807, 2.05) is 24.3 Å². The highest BCUT2D eigenvalue weighted by Crippen LogP contribution is 2.32. The van der Waals surface area contributed by atoms with Crippen LogP contribution in [-0.4, -0.2) is 11.2 Å². The Morgan fingerprint density at radius 2 is 2.06 bits per heavy atom. The smallest absolute Gasteiger partial charge is 0.125 e. The first kappa shape index (κ1) is 9.90. The van der Waals surface area contributed by atoms with Gasteiger partial charge in [0.25, 0.3) is 0 Å². The minimum Gasteiger partial charge on any atom is -0.257 e. The molecule has 82 valence electrons. The number of pyridine rings is 1. The summed E-state index contributed by atoms with van der Waals surface area (Å²) >= 11 is 0.